The van der Waals surface area contributed by atoms with Crippen LogP contribution in [0.3, 0.4) is 0 Å². The quantitative estimate of drug-likeness (QED) is 0.783. The van der Waals surface area contributed by atoms with Crippen LogP contribution in [0.25, 0.3) is 0 Å². The fourth-order valence-corrected chi connectivity index (χ4v) is 4.95. The van der Waals surface area contributed by atoms with E-state index in [1.807, 2.05) is 7.05 Å². The summed E-state index contributed by atoms with van der Waals surface area (Å²) in [6.45, 7) is 0.863. The van der Waals surface area contributed by atoms with E-state index in [2.05, 4.69) is 5.32 Å². The van der Waals surface area contributed by atoms with E-state index >= 15 is 0 Å². The third-order valence-electron chi connectivity index (χ3n) is 4.04. The highest BCUT2D eigenvalue weighted by molar-refractivity contribution is 7.85. The molecule has 1 aliphatic heterocycles. The molecule has 1 aliphatic carbocycles. The van der Waals surface area contributed by atoms with Crippen LogP contribution in [0.4, 0.5) is 0 Å². The van der Waals surface area contributed by atoms with Crippen molar-refractivity contribution >= 4 is 10.8 Å². The van der Waals surface area contributed by atoms with Crippen molar-refractivity contribution in [1.29, 1.82) is 0 Å². The molecule has 1 saturated heterocycles. The van der Waals surface area contributed by atoms with Crippen molar-refractivity contribution in [2.45, 2.75) is 62.3 Å². The molecule has 0 aromatic rings. The Kier molecular flexibility index (Phi) is 5.45. The molecule has 4 atom stereocenters. The van der Waals surface area contributed by atoms with Crippen LogP contribution >= 0.6 is 0 Å². The Morgan fingerprint density at radius 1 is 1.18 bits per heavy atom. The van der Waals surface area contributed by atoms with E-state index < -0.39 is 10.8 Å². The van der Waals surface area contributed by atoms with Crippen LogP contribution in [-0.2, 0) is 15.5 Å². The van der Waals surface area contributed by atoms with Crippen molar-refractivity contribution in [3.05, 3.63) is 0 Å². The Morgan fingerprint density at radius 2 is 2.00 bits per heavy atom. The summed E-state index contributed by atoms with van der Waals surface area (Å²) >= 11 is 0. The fraction of sp³-hybridized carbons (Fsp3) is 1.00. The lowest BCUT2D eigenvalue weighted by Gasteiger charge is -2.25. The smallest absolute Gasteiger partial charge is 0.0691 e. The SMILES string of the molecule is CNC1CCCCCC1S(=O)CC1CCCO1. The van der Waals surface area contributed by atoms with Gasteiger partial charge in [0.1, 0.15) is 0 Å². The zero-order valence-corrected chi connectivity index (χ0v) is 11.6. The Labute approximate surface area is 107 Å². The lowest BCUT2D eigenvalue weighted by Crippen LogP contribution is -2.41. The van der Waals surface area contributed by atoms with Gasteiger partial charge >= 0.3 is 0 Å². The number of ether oxygens (including phenoxy) is 1. The summed E-state index contributed by atoms with van der Waals surface area (Å²) in [6, 6.07) is 0.444. The third kappa shape index (κ3) is 3.76. The van der Waals surface area contributed by atoms with Gasteiger partial charge in [-0.2, -0.15) is 0 Å². The normalized spacial score (nSPS) is 36.6. The van der Waals surface area contributed by atoms with Gasteiger partial charge in [-0.3, -0.25) is 4.21 Å². The van der Waals surface area contributed by atoms with E-state index in [0.29, 0.717) is 11.3 Å². The molecular weight excluding hydrogens is 234 g/mol. The minimum atomic E-state index is -0.725. The highest BCUT2D eigenvalue weighted by atomic mass is 32.2. The molecule has 1 heterocycles. The molecule has 4 unspecified atom stereocenters. The molecule has 0 amide bonds. The van der Waals surface area contributed by atoms with Crippen LogP contribution < -0.4 is 5.32 Å². The molecular formula is C13H25NO2S. The molecule has 3 nitrogen and oxygen atoms in total. The van der Waals surface area contributed by atoms with E-state index in [1.54, 1.807) is 0 Å². The number of hydrogen-bond acceptors (Lipinski definition) is 3. The first-order valence-corrected chi connectivity index (χ1v) is 8.35. The minimum absolute atomic E-state index is 0.261. The molecule has 2 fully saturated rings. The third-order valence-corrected chi connectivity index (χ3v) is 5.98. The largest absolute Gasteiger partial charge is 0.377 e. The molecule has 0 aromatic carbocycles. The zero-order valence-electron chi connectivity index (χ0n) is 10.8. The summed E-state index contributed by atoms with van der Waals surface area (Å²) < 4.78 is 18.1. The number of rotatable bonds is 4. The van der Waals surface area contributed by atoms with E-state index in [4.69, 9.17) is 4.74 Å². The van der Waals surface area contributed by atoms with Gasteiger partial charge in [0.05, 0.1) is 17.1 Å². The summed E-state index contributed by atoms with van der Waals surface area (Å²) in [5, 5.41) is 3.71. The second-order valence-electron chi connectivity index (χ2n) is 5.25. The van der Waals surface area contributed by atoms with Crippen LogP contribution in [0.1, 0.15) is 44.9 Å². The van der Waals surface area contributed by atoms with Gasteiger partial charge in [0.25, 0.3) is 0 Å². The average molecular weight is 259 g/mol. The predicted octanol–water partition coefficient (Wildman–Crippen LogP) is 1.83. The molecule has 0 bridgehead atoms. The van der Waals surface area contributed by atoms with E-state index in [1.165, 1.54) is 25.7 Å². The highest BCUT2D eigenvalue weighted by Crippen LogP contribution is 2.24. The van der Waals surface area contributed by atoms with Crippen molar-refractivity contribution < 1.29 is 8.95 Å². The van der Waals surface area contributed by atoms with Gasteiger partial charge in [0, 0.05) is 23.4 Å². The Balaban J connectivity index is 1.89. The highest BCUT2D eigenvalue weighted by Gasteiger charge is 2.29. The van der Waals surface area contributed by atoms with E-state index in [9.17, 15) is 4.21 Å². The summed E-state index contributed by atoms with van der Waals surface area (Å²) in [5.41, 5.74) is 0. The van der Waals surface area contributed by atoms with Crippen LogP contribution in [0.2, 0.25) is 0 Å². The van der Waals surface area contributed by atoms with E-state index in [0.717, 1.165) is 31.6 Å². The van der Waals surface area contributed by atoms with Gasteiger partial charge in [-0.1, -0.05) is 19.3 Å². The Morgan fingerprint density at radius 3 is 2.71 bits per heavy atom. The maximum Gasteiger partial charge on any atom is 0.0691 e. The Bertz CT molecular complexity index is 254. The standard InChI is InChI=1S/C13H25NO2S/c1-14-12-7-3-2-4-8-13(12)17(15)10-11-6-5-9-16-11/h11-14H,2-10H2,1H3. The van der Waals surface area contributed by atoms with Gasteiger partial charge < -0.3 is 10.1 Å². The molecule has 1 N–H and O–H groups in total. The van der Waals surface area contributed by atoms with Crippen molar-refractivity contribution in [3.63, 3.8) is 0 Å². The lowest BCUT2D eigenvalue weighted by molar-refractivity contribution is 0.128. The molecule has 100 valence electrons. The summed E-state index contributed by atoms with van der Waals surface area (Å²) in [7, 11) is 1.28. The van der Waals surface area contributed by atoms with Gasteiger partial charge in [-0.15, -0.1) is 0 Å². The molecule has 0 aromatic heterocycles. The topological polar surface area (TPSA) is 38.3 Å². The average Bonchev–Trinajstić information content (AvgIpc) is 2.71. The first-order chi connectivity index (χ1) is 8.31. The van der Waals surface area contributed by atoms with Gasteiger partial charge in [-0.05, 0) is 32.7 Å². The molecule has 4 heteroatoms. The van der Waals surface area contributed by atoms with Gasteiger partial charge in [0.15, 0.2) is 0 Å². The lowest BCUT2D eigenvalue weighted by atomic mass is 10.1. The molecule has 0 spiro atoms. The van der Waals surface area contributed by atoms with Crippen molar-refractivity contribution in [2.75, 3.05) is 19.4 Å². The Hall–Kier alpha value is 0.0700. The van der Waals surface area contributed by atoms with E-state index in [-0.39, 0.29) is 6.10 Å². The van der Waals surface area contributed by atoms with Crippen molar-refractivity contribution in [1.82, 2.24) is 5.32 Å². The fourth-order valence-electron chi connectivity index (χ4n) is 3.00. The zero-order chi connectivity index (χ0) is 12.1. The monoisotopic (exact) mass is 259 g/mol. The molecule has 1 saturated carbocycles. The van der Waals surface area contributed by atoms with Crippen LogP contribution in [0.15, 0.2) is 0 Å². The molecule has 2 rings (SSSR count). The van der Waals surface area contributed by atoms with Crippen LogP contribution in [0, 0.1) is 0 Å². The summed E-state index contributed by atoms with van der Waals surface area (Å²) in [6.07, 6.45) is 8.61. The van der Waals surface area contributed by atoms with Crippen molar-refractivity contribution in [2.24, 2.45) is 0 Å². The maximum atomic E-state index is 12.5. The molecule has 2 aliphatic rings. The predicted molar refractivity (Wildman–Crippen MR) is 71.7 cm³/mol. The number of nitrogens with one attached hydrogen (secondary N) is 1. The van der Waals surface area contributed by atoms with Gasteiger partial charge in [-0.25, -0.2) is 0 Å². The molecule has 17 heavy (non-hydrogen) atoms. The van der Waals surface area contributed by atoms with Crippen LogP contribution in [0.5, 0.6) is 0 Å². The first-order valence-electron chi connectivity index (χ1n) is 6.97. The van der Waals surface area contributed by atoms with Gasteiger partial charge in [0.2, 0.25) is 0 Å². The second kappa shape index (κ2) is 6.86. The van der Waals surface area contributed by atoms with Crippen LogP contribution in [-0.4, -0.2) is 41.0 Å². The maximum absolute atomic E-state index is 12.5. The number of hydrogen-bond donors (Lipinski definition) is 1. The summed E-state index contributed by atoms with van der Waals surface area (Å²) in [5.74, 6) is 0.753. The summed E-state index contributed by atoms with van der Waals surface area (Å²) in [4.78, 5) is 0. The first kappa shape index (κ1) is 13.5. The second-order valence-corrected chi connectivity index (χ2v) is 6.95. The van der Waals surface area contributed by atoms with Crippen molar-refractivity contribution in [3.8, 4) is 0 Å². The molecule has 0 radical (unpaired) electrons. The minimum Gasteiger partial charge on any atom is -0.377 e.